The van der Waals surface area contributed by atoms with Crippen molar-refractivity contribution in [2.24, 2.45) is 0 Å². The molecule has 1 heterocycles. The molecule has 1 fully saturated rings. The standard InChI is InChI=1S/C28H32O4/c1-3-19-9-11-20(12-10-19)13-22-14-23(26-16-25(30)28(31)27(17-29)32-26)15-24(18(22)2)21-7-5-4-6-8-21/h4-12,14-15,25-31H,3,13,16-17H2,1-2H3. The third kappa shape index (κ3) is 4.79. The van der Waals surface area contributed by atoms with Gasteiger partial charge >= 0.3 is 0 Å². The number of aliphatic hydroxyl groups excluding tert-OH is 3. The highest BCUT2D eigenvalue weighted by molar-refractivity contribution is 5.70. The number of benzene rings is 3. The number of aryl methyl sites for hydroxylation is 1. The zero-order chi connectivity index (χ0) is 22.7. The van der Waals surface area contributed by atoms with Crippen LogP contribution in [0.5, 0.6) is 0 Å². The summed E-state index contributed by atoms with van der Waals surface area (Å²) in [6.07, 6.45) is -1.09. The van der Waals surface area contributed by atoms with Crippen LogP contribution in [0.4, 0.5) is 0 Å². The zero-order valence-electron chi connectivity index (χ0n) is 18.7. The summed E-state index contributed by atoms with van der Waals surface area (Å²) in [4.78, 5) is 0. The smallest absolute Gasteiger partial charge is 0.110 e. The molecule has 3 aromatic rings. The van der Waals surface area contributed by atoms with E-state index < -0.39 is 24.4 Å². The summed E-state index contributed by atoms with van der Waals surface area (Å²) >= 11 is 0. The molecule has 0 saturated carbocycles. The van der Waals surface area contributed by atoms with Gasteiger partial charge < -0.3 is 20.1 Å². The number of rotatable bonds is 6. The lowest BCUT2D eigenvalue weighted by Crippen LogP contribution is -2.47. The van der Waals surface area contributed by atoms with Crippen molar-refractivity contribution in [1.29, 1.82) is 0 Å². The lowest BCUT2D eigenvalue weighted by molar-refractivity contribution is -0.181. The first-order valence-electron chi connectivity index (χ1n) is 11.4. The van der Waals surface area contributed by atoms with Gasteiger partial charge in [0.25, 0.3) is 0 Å². The molecule has 4 heteroatoms. The summed E-state index contributed by atoms with van der Waals surface area (Å²) in [5, 5.41) is 30.1. The van der Waals surface area contributed by atoms with Crippen molar-refractivity contribution in [1.82, 2.24) is 0 Å². The van der Waals surface area contributed by atoms with E-state index in [9.17, 15) is 15.3 Å². The van der Waals surface area contributed by atoms with Crippen molar-refractivity contribution in [3.8, 4) is 11.1 Å². The minimum absolute atomic E-state index is 0.291. The number of hydrogen-bond acceptors (Lipinski definition) is 4. The van der Waals surface area contributed by atoms with E-state index in [0.717, 1.165) is 29.5 Å². The van der Waals surface area contributed by atoms with Crippen LogP contribution in [0.2, 0.25) is 0 Å². The molecule has 32 heavy (non-hydrogen) atoms. The van der Waals surface area contributed by atoms with Crippen LogP contribution in [-0.4, -0.2) is 40.2 Å². The Morgan fingerprint density at radius 3 is 2.28 bits per heavy atom. The maximum atomic E-state index is 10.4. The second-order valence-corrected chi connectivity index (χ2v) is 8.70. The van der Waals surface area contributed by atoms with E-state index in [1.54, 1.807) is 0 Å². The van der Waals surface area contributed by atoms with Crippen LogP contribution in [0.25, 0.3) is 11.1 Å². The quantitative estimate of drug-likeness (QED) is 0.541. The Balaban J connectivity index is 1.75. The Hall–Kier alpha value is -2.50. The van der Waals surface area contributed by atoms with Crippen LogP contribution in [0.15, 0.2) is 66.7 Å². The molecule has 0 aromatic heterocycles. The van der Waals surface area contributed by atoms with E-state index in [2.05, 4.69) is 62.4 Å². The third-order valence-electron chi connectivity index (χ3n) is 6.57. The molecule has 4 atom stereocenters. The van der Waals surface area contributed by atoms with Gasteiger partial charge in [0.1, 0.15) is 12.2 Å². The average Bonchev–Trinajstić information content (AvgIpc) is 2.83. The van der Waals surface area contributed by atoms with Crippen LogP contribution in [0.1, 0.15) is 47.3 Å². The summed E-state index contributed by atoms with van der Waals surface area (Å²) < 4.78 is 6.01. The highest BCUT2D eigenvalue weighted by Gasteiger charge is 2.37. The lowest BCUT2D eigenvalue weighted by atomic mass is 9.87. The molecule has 1 aliphatic rings. The van der Waals surface area contributed by atoms with Crippen molar-refractivity contribution < 1.29 is 20.1 Å². The lowest BCUT2D eigenvalue weighted by Gasteiger charge is -2.37. The first-order valence-corrected chi connectivity index (χ1v) is 11.4. The minimum atomic E-state index is -1.08. The van der Waals surface area contributed by atoms with Gasteiger partial charge in [0.05, 0.1) is 18.8 Å². The first kappa shape index (κ1) is 22.7. The molecular formula is C28H32O4. The SMILES string of the molecule is CCc1ccc(Cc2cc(C3CC(O)C(O)C(CO)O3)cc(-c3ccccc3)c2C)cc1. The van der Waals surface area contributed by atoms with Gasteiger partial charge in [0.2, 0.25) is 0 Å². The Morgan fingerprint density at radius 2 is 1.62 bits per heavy atom. The maximum Gasteiger partial charge on any atom is 0.110 e. The fourth-order valence-corrected chi connectivity index (χ4v) is 4.52. The molecule has 1 aliphatic heterocycles. The summed E-state index contributed by atoms with van der Waals surface area (Å²) in [7, 11) is 0. The third-order valence-corrected chi connectivity index (χ3v) is 6.57. The fourth-order valence-electron chi connectivity index (χ4n) is 4.52. The molecule has 0 radical (unpaired) electrons. The highest BCUT2D eigenvalue weighted by atomic mass is 16.5. The highest BCUT2D eigenvalue weighted by Crippen LogP contribution is 2.37. The minimum Gasteiger partial charge on any atom is -0.394 e. The van der Waals surface area contributed by atoms with Crippen LogP contribution >= 0.6 is 0 Å². The molecule has 168 valence electrons. The van der Waals surface area contributed by atoms with E-state index in [4.69, 9.17) is 4.74 Å². The predicted octanol–water partition coefficient (Wildman–Crippen LogP) is 4.36. The molecule has 3 aromatic carbocycles. The van der Waals surface area contributed by atoms with Crippen molar-refractivity contribution in [2.45, 2.75) is 57.5 Å². The molecule has 4 rings (SSSR count). The van der Waals surface area contributed by atoms with Crippen molar-refractivity contribution in [2.75, 3.05) is 6.61 Å². The summed E-state index contributed by atoms with van der Waals surface area (Å²) in [6.45, 7) is 3.98. The first-order chi connectivity index (χ1) is 15.5. The van der Waals surface area contributed by atoms with Gasteiger partial charge in [-0.2, -0.15) is 0 Å². The van der Waals surface area contributed by atoms with E-state index in [1.807, 2.05) is 18.2 Å². The zero-order valence-corrected chi connectivity index (χ0v) is 18.7. The Bertz CT molecular complexity index is 1030. The molecule has 0 amide bonds. The topological polar surface area (TPSA) is 69.9 Å². The van der Waals surface area contributed by atoms with Gasteiger partial charge in [-0.15, -0.1) is 0 Å². The second-order valence-electron chi connectivity index (χ2n) is 8.70. The van der Waals surface area contributed by atoms with Crippen LogP contribution in [-0.2, 0) is 17.6 Å². The van der Waals surface area contributed by atoms with Gasteiger partial charge in [-0.3, -0.25) is 0 Å². The maximum absolute atomic E-state index is 10.4. The summed E-state index contributed by atoms with van der Waals surface area (Å²) in [6, 6.07) is 23.3. The Kier molecular flexibility index (Phi) is 7.07. The van der Waals surface area contributed by atoms with E-state index in [-0.39, 0.29) is 6.61 Å². The van der Waals surface area contributed by atoms with Crippen LogP contribution in [0.3, 0.4) is 0 Å². The molecule has 3 N–H and O–H groups in total. The van der Waals surface area contributed by atoms with E-state index >= 15 is 0 Å². The molecule has 0 bridgehead atoms. The Labute approximate surface area is 190 Å². The van der Waals surface area contributed by atoms with Crippen LogP contribution in [0, 0.1) is 6.92 Å². The molecule has 4 unspecified atom stereocenters. The van der Waals surface area contributed by atoms with E-state index in [0.29, 0.717) is 6.42 Å². The largest absolute Gasteiger partial charge is 0.394 e. The number of aliphatic hydroxyl groups is 3. The normalized spacial score (nSPS) is 23.3. The summed E-state index contributed by atoms with van der Waals surface area (Å²) in [5.41, 5.74) is 8.21. The van der Waals surface area contributed by atoms with Crippen LogP contribution < -0.4 is 0 Å². The molecule has 0 spiro atoms. The van der Waals surface area contributed by atoms with Gasteiger partial charge in [0.15, 0.2) is 0 Å². The summed E-state index contributed by atoms with van der Waals surface area (Å²) in [5.74, 6) is 0. The van der Waals surface area contributed by atoms with Gasteiger partial charge in [-0.1, -0.05) is 67.6 Å². The number of hydrogen-bond donors (Lipinski definition) is 3. The van der Waals surface area contributed by atoms with Crippen molar-refractivity contribution >= 4 is 0 Å². The van der Waals surface area contributed by atoms with Crippen molar-refractivity contribution in [3.05, 3.63) is 94.5 Å². The second kappa shape index (κ2) is 9.97. The molecular weight excluding hydrogens is 400 g/mol. The van der Waals surface area contributed by atoms with Gasteiger partial charge in [-0.25, -0.2) is 0 Å². The predicted molar refractivity (Wildman–Crippen MR) is 127 cm³/mol. The molecule has 1 saturated heterocycles. The molecule has 0 aliphatic carbocycles. The Morgan fingerprint density at radius 1 is 0.938 bits per heavy atom. The van der Waals surface area contributed by atoms with Gasteiger partial charge in [-0.05, 0) is 64.8 Å². The van der Waals surface area contributed by atoms with E-state index in [1.165, 1.54) is 22.3 Å². The van der Waals surface area contributed by atoms with Crippen molar-refractivity contribution in [3.63, 3.8) is 0 Å². The fraction of sp³-hybridized carbons (Fsp3) is 0.357. The number of ether oxygens (including phenoxy) is 1. The monoisotopic (exact) mass is 432 g/mol. The van der Waals surface area contributed by atoms with Gasteiger partial charge in [0, 0.05) is 6.42 Å². The average molecular weight is 433 g/mol. The molecule has 4 nitrogen and oxygen atoms in total.